The maximum atomic E-state index is 12.6. The molecule has 184 valence electrons. The van der Waals surface area contributed by atoms with Crippen LogP contribution < -0.4 is 10.6 Å². The predicted molar refractivity (Wildman–Crippen MR) is 118 cm³/mol. The van der Waals surface area contributed by atoms with Gasteiger partial charge in [-0.2, -0.15) is 0 Å². The lowest BCUT2D eigenvalue weighted by molar-refractivity contribution is -0.205. The molecular weight excluding hydrogens is 430 g/mol. The number of nitrogens with one attached hydrogen (secondary N) is 2. The highest BCUT2D eigenvalue weighted by Crippen LogP contribution is 2.34. The lowest BCUT2D eigenvalue weighted by Crippen LogP contribution is -2.39. The summed E-state index contributed by atoms with van der Waals surface area (Å²) in [6, 6.07) is 0. The Bertz CT molecular complexity index is 751. The number of rotatable bonds is 10. The van der Waals surface area contributed by atoms with Crippen LogP contribution in [0.2, 0.25) is 0 Å². The number of amides is 4. The van der Waals surface area contributed by atoms with Crippen LogP contribution >= 0.6 is 0 Å². The summed E-state index contributed by atoms with van der Waals surface area (Å²) < 4.78 is 5.41. The van der Waals surface area contributed by atoms with E-state index in [9.17, 15) is 24.0 Å². The van der Waals surface area contributed by atoms with Gasteiger partial charge in [0.1, 0.15) is 6.10 Å². The Kier molecular flexibility index (Phi) is 10.3. The molecule has 0 spiro atoms. The van der Waals surface area contributed by atoms with Crippen molar-refractivity contribution >= 4 is 29.8 Å². The summed E-state index contributed by atoms with van der Waals surface area (Å²) in [5.74, 6) is -1.66. The smallest absolute Gasteiger partial charge is 0.407 e. The lowest BCUT2D eigenvalue weighted by Gasteiger charge is -2.29. The minimum atomic E-state index is -0.887. The first-order valence-corrected chi connectivity index (χ1v) is 11.7. The zero-order chi connectivity index (χ0) is 24.3. The summed E-state index contributed by atoms with van der Waals surface area (Å²) in [6.45, 7) is 4.41. The summed E-state index contributed by atoms with van der Waals surface area (Å²) in [6.07, 6.45) is 7.88. The molecule has 0 unspecified atom stereocenters. The normalized spacial score (nSPS) is 23.9. The number of allylic oxidation sites excluding steroid dienone is 1. The predicted octanol–water partition coefficient (Wildman–Crippen LogP) is 2.52. The maximum Gasteiger partial charge on any atom is 0.407 e. The molecule has 0 radical (unpaired) electrons. The third-order valence-electron chi connectivity index (χ3n) is 5.79. The molecule has 1 aliphatic heterocycles. The minimum absolute atomic E-state index is 0.0263. The summed E-state index contributed by atoms with van der Waals surface area (Å²) in [7, 11) is 0. The van der Waals surface area contributed by atoms with Crippen molar-refractivity contribution in [1.29, 1.82) is 0 Å². The van der Waals surface area contributed by atoms with E-state index >= 15 is 0 Å². The van der Waals surface area contributed by atoms with Gasteiger partial charge in [-0.3, -0.25) is 14.4 Å². The molecule has 0 aromatic heterocycles. The van der Waals surface area contributed by atoms with Crippen LogP contribution in [0, 0.1) is 5.41 Å². The Hall–Kier alpha value is -2.91. The van der Waals surface area contributed by atoms with Crippen molar-refractivity contribution in [3.05, 3.63) is 12.2 Å². The van der Waals surface area contributed by atoms with Gasteiger partial charge in [-0.05, 0) is 45.1 Å². The number of carbonyl (C=O) groups excluding carboxylic acids is 5. The molecule has 2 atom stereocenters. The number of ether oxygens (including phenoxy) is 1. The molecule has 4 amide bonds. The Balaban J connectivity index is 1.72. The third kappa shape index (κ3) is 8.51. The molecule has 0 bridgehead atoms. The number of nitrogens with zero attached hydrogens (tertiary/aromatic N) is 1. The fraction of sp³-hybridized carbons (Fsp3) is 0.696. The van der Waals surface area contributed by atoms with Crippen LogP contribution in [-0.4, -0.2) is 54.0 Å². The monoisotopic (exact) mass is 465 g/mol. The molecule has 1 saturated heterocycles. The second-order valence-electron chi connectivity index (χ2n) is 8.72. The number of carbonyl (C=O) groups is 5. The van der Waals surface area contributed by atoms with Gasteiger partial charge in [-0.1, -0.05) is 25.8 Å². The molecule has 0 saturated carbocycles. The van der Waals surface area contributed by atoms with Gasteiger partial charge in [0, 0.05) is 32.4 Å². The number of unbranched alkanes of at least 4 members (excludes halogenated alkanes) is 2. The van der Waals surface area contributed by atoms with Crippen molar-refractivity contribution in [1.82, 2.24) is 15.7 Å². The van der Waals surface area contributed by atoms with Crippen molar-refractivity contribution in [3.8, 4) is 0 Å². The highest BCUT2D eigenvalue weighted by molar-refractivity contribution is 6.01. The molecule has 0 aromatic carbocycles. The average molecular weight is 466 g/mol. The molecule has 2 rings (SSSR count). The Morgan fingerprint density at radius 1 is 1.12 bits per heavy atom. The summed E-state index contributed by atoms with van der Waals surface area (Å²) >= 11 is 0. The molecule has 0 aromatic rings. The fourth-order valence-electron chi connectivity index (χ4n) is 3.68. The second-order valence-corrected chi connectivity index (χ2v) is 8.72. The zero-order valence-electron chi connectivity index (χ0n) is 19.5. The first-order chi connectivity index (χ1) is 15.7. The minimum Gasteiger partial charge on any atom is -0.442 e. The van der Waals surface area contributed by atoms with Crippen LogP contribution in [0.3, 0.4) is 0 Å². The van der Waals surface area contributed by atoms with E-state index in [1.54, 1.807) is 19.1 Å². The summed E-state index contributed by atoms with van der Waals surface area (Å²) in [5.41, 5.74) is -0.887. The van der Waals surface area contributed by atoms with Crippen molar-refractivity contribution in [3.63, 3.8) is 0 Å². The largest absolute Gasteiger partial charge is 0.442 e. The van der Waals surface area contributed by atoms with Crippen molar-refractivity contribution in [2.45, 2.75) is 84.2 Å². The summed E-state index contributed by atoms with van der Waals surface area (Å²) in [4.78, 5) is 64.8. The molecular formula is C23H35N3O7. The van der Waals surface area contributed by atoms with Crippen LogP contribution in [-0.2, 0) is 28.8 Å². The van der Waals surface area contributed by atoms with Gasteiger partial charge in [0.2, 0.25) is 5.91 Å². The van der Waals surface area contributed by atoms with Gasteiger partial charge in [0.05, 0.1) is 5.41 Å². The van der Waals surface area contributed by atoms with E-state index in [-0.39, 0.29) is 25.3 Å². The van der Waals surface area contributed by atoms with E-state index in [4.69, 9.17) is 9.57 Å². The quantitative estimate of drug-likeness (QED) is 0.288. The van der Waals surface area contributed by atoms with E-state index < -0.39 is 35.4 Å². The van der Waals surface area contributed by atoms with E-state index in [0.717, 1.165) is 19.3 Å². The van der Waals surface area contributed by atoms with E-state index in [2.05, 4.69) is 17.6 Å². The van der Waals surface area contributed by atoms with Gasteiger partial charge in [-0.25, -0.2) is 9.59 Å². The molecule has 2 N–H and O–H groups in total. The standard InChI is InChI=1S/C23H35N3O7/c1-3-4-5-10-18(27)24-15-16-25-22(31)32-17-8-6-13-23(2,14-7-9-17)21(30)33-26-19(28)11-12-20(26)29/h6,8,17H,3-5,7,9-16H2,1-2H3,(H,24,27)(H,25,31)/b8-6+/t17-,23+/m0/s1. The fourth-order valence-corrected chi connectivity index (χ4v) is 3.68. The van der Waals surface area contributed by atoms with E-state index in [1.807, 2.05) is 0 Å². The van der Waals surface area contributed by atoms with Crippen LogP contribution in [0.4, 0.5) is 4.79 Å². The lowest BCUT2D eigenvalue weighted by atomic mass is 9.80. The Morgan fingerprint density at radius 2 is 1.82 bits per heavy atom. The van der Waals surface area contributed by atoms with Crippen molar-refractivity contribution in [2.24, 2.45) is 5.41 Å². The number of imide groups is 1. The highest BCUT2D eigenvalue weighted by atomic mass is 16.7. The van der Waals surface area contributed by atoms with Crippen LogP contribution in [0.25, 0.3) is 0 Å². The van der Waals surface area contributed by atoms with Crippen molar-refractivity contribution < 1.29 is 33.5 Å². The molecule has 10 heteroatoms. The van der Waals surface area contributed by atoms with E-state index in [0.29, 0.717) is 43.7 Å². The zero-order valence-corrected chi connectivity index (χ0v) is 19.5. The van der Waals surface area contributed by atoms with Crippen LogP contribution in [0.5, 0.6) is 0 Å². The average Bonchev–Trinajstić information content (AvgIpc) is 3.07. The summed E-state index contributed by atoms with van der Waals surface area (Å²) in [5, 5.41) is 5.94. The first-order valence-electron chi connectivity index (χ1n) is 11.7. The van der Waals surface area contributed by atoms with Gasteiger partial charge in [0.15, 0.2) is 0 Å². The molecule has 10 nitrogen and oxygen atoms in total. The van der Waals surface area contributed by atoms with Crippen LogP contribution in [0.1, 0.15) is 78.1 Å². The van der Waals surface area contributed by atoms with Gasteiger partial charge in [0.25, 0.3) is 11.8 Å². The SMILES string of the molecule is CCCCCC(=O)NCCNC(=O)O[C@H]1/C=C/C[C@@](C)(C(=O)ON2C(=O)CCC2=O)CCC1. The van der Waals surface area contributed by atoms with Gasteiger partial charge < -0.3 is 20.2 Å². The van der Waals surface area contributed by atoms with Gasteiger partial charge >= 0.3 is 12.1 Å². The first kappa shape index (κ1) is 26.3. The highest BCUT2D eigenvalue weighted by Gasteiger charge is 2.40. The number of hydrogen-bond donors (Lipinski definition) is 2. The topological polar surface area (TPSA) is 131 Å². The number of alkyl carbamates (subject to hydrolysis) is 1. The van der Waals surface area contributed by atoms with Crippen LogP contribution in [0.15, 0.2) is 12.2 Å². The maximum absolute atomic E-state index is 12.6. The number of hydroxylamine groups is 2. The molecule has 1 heterocycles. The Labute approximate surface area is 194 Å². The molecule has 1 aliphatic carbocycles. The second kappa shape index (κ2) is 13.0. The Morgan fingerprint density at radius 3 is 2.52 bits per heavy atom. The molecule has 33 heavy (non-hydrogen) atoms. The van der Waals surface area contributed by atoms with Gasteiger partial charge in [-0.15, -0.1) is 5.06 Å². The molecule has 1 fully saturated rings. The van der Waals surface area contributed by atoms with E-state index in [1.165, 1.54) is 0 Å². The molecule has 2 aliphatic rings. The third-order valence-corrected chi connectivity index (χ3v) is 5.79. The number of hydrogen-bond acceptors (Lipinski definition) is 7. The van der Waals surface area contributed by atoms with Crippen molar-refractivity contribution in [2.75, 3.05) is 13.1 Å².